The maximum Gasteiger partial charge on any atom is 0.173 e. The topological polar surface area (TPSA) is 88.4 Å². The lowest BCUT2D eigenvalue weighted by atomic mass is 9.69. The van der Waals surface area contributed by atoms with E-state index in [-0.39, 0.29) is 22.7 Å². The number of nitrogens with zero attached hydrogens (tertiary/aromatic N) is 1. The number of rotatable bonds is 7. The lowest BCUT2D eigenvalue weighted by Gasteiger charge is -2.39. The van der Waals surface area contributed by atoms with E-state index in [0.29, 0.717) is 46.1 Å². The Bertz CT molecular complexity index is 1250. The molecule has 1 aliphatic heterocycles. The second-order valence-electron chi connectivity index (χ2n) is 9.46. The highest BCUT2D eigenvalue weighted by atomic mass is 32.2. The number of benzene rings is 2. The van der Waals surface area contributed by atoms with Crippen molar-refractivity contribution in [2.45, 2.75) is 32.6 Å². The zero-order valence-electron chi connectivity index (χ0n) is 20.3. The number of allylic oxidation sites excluding steroid dienone is 3. The number of hydrogen-bond acceptors (Lipinski definition) is 7. The van der Waals surface area contributed by atoms with Crippen molar-refractivity contribution in [3.8, 4) is 17.6 Å². The van der Waals surface area contributed by atoms with Gasteiger partial charge >= 0.3 is 0 Å². The lowest BCUT2D eigenvalue weighted by molar-refractivity contribution is -0.118. The summed E-state index contributed by atoms with van der Waals surface area (Å²) < 4.78 is 10.5. The molecule has 0 unspecified atom stereocenters. The van der Waals surface area contributed by atoms with E-state index in [9.17, 15) is 14.9 Å². The van der Waals surface area contributed by atoms with Gasteiger partial charge < -0.3 is 14.8 Å². The molecule has 180 valence electrons. The molecule has 1 N–H and O–H groups in total. The Kier molecular flexibility index (Phi) is 7.04. The molecule has 7 heteroatoms. The number of Topliss-reactive ketones (excluding diaryl/α,β-unsaturated/α-hetero) is 2. The van der Waals surface area contributed by atoms with Crippen LogP contribution in [0.25, 0.3) is 0 Å². The van der Waals surface area contributed by atoms with Gasteiger partial charge in [-0.2, -0.15) is 5.26 Å². The summed E-state index contributed by atoms with van der Waals surface area (Å²) in [6.45, 7) is 4.14. The minimum Gasteiger partial charge on any atom is -0.497 e. The molecule has 0 saturated carbocycles. The Morgan fingerprint density at radius 3 is 2.23 bits per heavy atom. The zero-order chi connectivity index (χ0) is 25.2. The summed E-state index contributed by atoms with van der Waals surface area (Å²) in [5, 5.41) is 14.2. The van der Waals surface area contributed by atoms with E-state index < -0.39 is 5.92 Å². The van der Waals surface area contributed by atoms with E-state index in [0.717, 1.165) is 11.3 Å². The maximum atomic E-state index is 13.3. The molecule has 2 aromatic rings. The molecule has 35 heavy (non-hydrogen) atoms. The van der Waals surface area contributed by atoms with Crippen molar-refractivity contribution in [3.05, 3.63) is 81.5 Å². The third kappa shape index (κ3) is 5.13. The van der Waals surface area contributed by atoms with Gasteiger partial charge in [0, 0.05) is 23.3 Å². The minimum atomic E-state index is -0.482. The summed E-state index contributed by atoms with van der Waals surface area (Å²) in [7, 11) is 3.18. The molecule has 0 spiro atoms. The molecule has 1 heterocycles. The maximum absolute atomic E-state index is 13.3. The smallest absolute Gasteiger partial charge is 0.173 e. The number of carbonyl (C=O) groups excluding carboxylic acids is 2. The molecule has 0 aromatic heterocycles. The Hall–Kier alpha value is -3.50. The molecule has 2 aromatic carbocycles. The van der Waals surface area contributed by atoms with E-state index in [1.54, 1.807) is 38.5 Å². The molecule has 4 rings (SSSR count). The van der Waals surface area contributed by atoms with Gasteiger partial charge in [-0.25, -0.2) is 0 Å². The van der Waals surface area contributed by atoms with E-state index in [4.69, 9.17) is 9.47 Å². The van der Waals surface area contributed by atoms with Gasteiger partial charge in [0.25, 0.3) is 0 Å². The summed E-state index contributed by atoms with van der Waals surface area (Å²) in [6.07, 6.45) is 1.12. The first-order chi connectivity index (χ1) is 16.8. The predicted octanol–water partition coefficient (Wildman–Crippen LogP) is 5.39. The van der Waals surface area contributed by atoms with Crippen molar-refractivity contribution in [1.29, 1.82) is 5.26 Å². The predicted molar refractivity (Wildman–Crippen MR) is 136 cm³/mol. The second-order valence-corrected chi connectivity index (χ2v) is 10.4. The molecule has 1 aliphatic carbocycles. The van der Waals surface area contributed by atoms with Crippen molar-refractivity contribution in [1.82, 2.24) is 5.32 Å². The van der Waals surface area contributed by atoms with Crippen LogP contribution < -0.4 is 14.8 Å². The van der Waals surface area contributed by atoms with Crippen LogP contribution in [0.15, 0.2) is 70.4 Å². The quantitative estimate of drug-likeness (QED) is 0.523. The summed E-state index contributed by atoms with van der Waals surface area (Å²) in [5.74, 6) is 1.07. The van der Waals surface area contributed by atoms with E-state index in [1.807, 2.05) is 24.3 Å². The molecule has 6 nitrogen and oxygen atoms in total. The van der Waals surface area contributed by atoms with Crippen LogP contribution in [0, 0.1) is 16.7 Å². The van der Waals surface area contributed by atoms with Gasteiger partial charge in [-0.1, -0.05) is 37.7 Å². The van der Waals surface area contributed by atoms with E-state index in [2.05, 4.69) is 25.2 Å². The van der Waals surface area contributed by atoms with Crippen molar-refractivity contribution >= 4 is 23.3 Å². The molecule has 0 saturated heterocycles. The van der Waals surface area contributed by atoms with Crippen molar-refractivity contribution in [2.75, 3.05) is 20.0 Å². The van der Waals surface area contributed by atoms with Gasteiger partial charge in [0.05, 0.1) is 42.6 Å². The normalized spacial score (nSPS) is 18.9. The Morgan fingerprint density at radius 2 is 1.66 bits per heavy atom. The number of methoxy groups -OCH3 is 2. The van der Waals surface area contributed by atoms with Crippen LogP contribution in [0.4, 0.5) is 0 Å². The van der Waals surface area contributed by atoms with Crippen LogP contribution in [-0.4, -0.2) is 31.5 Å². The molecular weight excluding hydrogens is 460 g/mol. The van der Waals surface area contributed by atoms with Crippen molar-refractivity contribution in [2.24, 2.45) is 5.41 Å². The summed E-state index contributed by atoms with van der Waals surface area (Å²) in [5.41, 5.74) is 3.18. The molecule has 0 amide bonds. The van der Waals surface area contributed by atoms with Crippen LogP contribution >= 0.6 is 11.8 Å². The fraction of sp³-hybridized carbons (Fsp3) is 0.321. The second kappa shape index (κ2) is 10.0. The number of carbonyl (C=O) groups is 2. The number of nitrogens with one attached hydrogen (secondary N) is 1. The summed E-state index contributed by atoms with van der Waals surface area (Å²) in [6, 6.07) is 16.8. The summed E-state index contributed by atoms with van der Waals surface area (Å²) in [4.78, 5) is 26.2. The molecule has 0 bridgehead atoms. The van der Waals surface area contributed by atoms with E-state index in [1.165, 1.54) is 11.8 Å². The zero-order valence-corrected chi connectivity index (χ0v) is 21.1. The van der Waals surface area contributed by atoms with Crippen molar-refractivity contribution in [3.63, 3.8) is 0 Å². The number of dihydropyridines is 1. The fourth-order valence-electron chi connectivity index (χ4n) is 4.62. The van der Waals surface area contributed by atoms with Crippen LogP contribution in [-0.2, 0) is 4.79 Å². The third-order valence-corrected chi connectivity index (χ3v) is 7.35. The first kappa shape index (κ1) is 24.6. The number of ether oxygens (including phenoxy) is 2. The largest absolute Gasteiger partial charge is 0.497 e. The molecule has 2 aliphatic rings. The monoisotopic (exact) mass is 488 g/mol. The van der Waals surface area contributed by atoms with Crippen molar-refractivity contribution < 1.29 is 19.1 Å². The van der Waals surface area contributed by atoms with Gasteiger partial charge in [0.2, 0.25) is 0 Å². The Morgan fingerprint density at radius 1 is 1.06 bits per heavy atom. The SMILES string of the molecule is COc1ccc(C(=O)CSC2=C(C#N)[C@@H](c3ccc(OC)cc3)C3=C(CC(C)(C)CC3=O)N2)cc1. The standard InChI is InChI=1S/C28H28N2O4S/c1-28(2)13-22-26(23(31)14-28)25(18-7-11-20(34-4)12-8-18)21(15-29)27(30-22)35-16-24(32)17-5-9-19(33-3)10-6-17/h5-12,25,30H,13-14,16H2,1-4H3/t25-/m1/s1. The lowest BCUT2D eigenvalue weighted by Crippen LogP contribution is -2.37. The third-order valence-electron chi connectivity index (χ3n) is 6.34. The number of hydrogen-bond donors (Lipinski definition) is 1. The number of thioether (sulfide) groups is 1. The first-order valence-electron chi connectivity index (χ1n) is 11.4. The molecular formula is C28H28N2O4S. The molecule has 0 radical (unpaired) electrons. The van der Waals surface area contributed by atoms with Gasteiger partial charge in [-0.3, -0.25) is 9.59 Å². The van der Waals surface area contributed by atoms with Gasteiger partial charge in [-0.05, 0) is 53.8 Å². The number of ketones is 2. The van der Waals surface area contributed by atoms with Gasteiger partial charge in [0.15, 0.2) is 11.6 Å². The molecule has 0 fully saturated rings. The molecule has 1 atom stereocenters. The van der Waals surface area contributed by atoms with Crippen LogP contribution in [0.3, 0.4) is 0 Å². The van der Waals surface area contributed by atoms with Gasteiger partial charge in [0.1, 0.15) is 11.5 Å². The van der Waals surface area contributed by atoms with Crippen LogP contribution in [0.1, 0.15) is 48.5 Å². The highest BCUT2D eigenvalue weighted by Crippen LogP contribution is 2.48. The minimum absolute atomic E-state index is 0.0509. The average Bonchev–Trinajstić information content (AvgIpc) is 2.85. The summed E-state index contributed by atoms with van der Waals surface area (Å²) >= 11 is 1.30. The fourth-order valence-corrected chi connectivity index (χ4v) is 5.57. The Balaban J connectivity index is 1.69. The first-order valence-corrected chi connectivity index (χ1v) is 12.4. The Labute approximate surface area is 210 Å². The van der Waals surface area contributed by atoms with E-state index >= 15 is 0 Å². The van der Waals surface area contributed by atoms with Crippen LogP contribution in [0.5, 0.6) is 11.5 Å². The highest BCUT2D eigenvalue weighted by molar-refractivity contribution is 8.03. The van der Waals surface area contributed by atoms with Crippen LogP contribution in [0.2, 0.25) is 0 Å². The number of nitriles is 1. The average molecular weight is 489 g/mol. The van der Waals surface area contributed by atoms with Gasteiger partial charge in [-0.15, -0.1) is 0 Å². The highest BCUT2D eigenvalue weighted by Gasteiger charge is 2.42.